The number of rotatable bonds is 8. The Kier molecular flexibility index (Phi) is 6.87. The maximum Gasteiger partial charge on any atom is 0.00535 e. The maximum absolute atomic E-state index is 3.40. The van der Waals surface area contributed by atoms with Crippen LogP contribution in [0, 0.1) is 5.80 Å². The van der Waals surface area contributed by atoms with Gasteiger partial charge in [-0.3, -0.25) is 0 Å². The molecule has 1 unspecified atom stereocenters. The molecule has 0 spiro atoms. The van der Waals surface area contributed by atoms with Crippen LogP contribution < -0.4 is 0 Å². The second kappa shape index (κ2) is 8.12. The minimum atomic E-state index is 0.833. The summed E-state index contributed by atoms with van der Waals surface area (Å²) in [7, 11) is 0.833. The first kappa shape index (κ1) is 11.9. The molecular weight excluding hydrogens is 187 g/mol. The molecule has 0 saturated heterocycles. The van der Waals surface area contributed by atoms with Gasteiger partial charge in [0, 0.05) is 5.80 Å². The Hall–Kier alpha value is -0.220. The Morgan fingerprint density at radius 2 is 1.79 bits per heavy atom. The van der Waals surface area contributed by atoms with Gasteiger partial charge in [-0.1, -0.05) is 51.5 Å². The quantitative estimate of drug-likeness (QED) is 0.539. The molecule has 0 N–H and O–H groups in total. The van der Waals surface area contributed by atoms with Gasteiger partial charge in [-0.05, 0) is 24.2 Å². The van der Waals surface area contributed by atoms with Crippen molar-refractivity contribution in [3.8, 4) is 0 Å². The molecule has 1 heteroatoms. The third kappa shape index (κ3) is 5.50. The third-order valence-electron chi connectivity index (χ3n) is 2.65. The van der Waals surface area contributed by atoms with Crippen molar-refractivity contribution < 1.29 is 0 Å². The lowest BCUT2D eigenvalue weighted by Crippen LogP contribution is -1.83. The van der Waals surface area contributed by atoms with E-state index in [0.29, 0.717) is 0 Å². The maximum atomic E-state index is 3.40. The molecule has 0 saturated carbocycles. The average Bonchev–Trinajstić information content (AvgIpc) is 2.69. The van der Waals surface area contributed by atoms with Gasteiger partial charge < -0.3 is 0 Å². The van der Waals surface area contributed by atoms with Crippen molar-refractivity contribution in [3.63, 3.8) is 0 Å². The van der Waals surface area contributed by atoms with Crippen LogP contribution in [0.5, 0.6) is 0 Å². The van der Waals surface area contributed by atoms with Gasteiger partial charge in [0.15, 0.2) is 0 Å². The van der Waals surface area contributed by atoms with E-state index in [1.54, 1.807) is 0 Å². The Labute approximate surface area is 90.2 Å². The van der Waals surface area contributed by atoms with Gasteiger partial charge in [0.2, 0.25) is 0 Å². The average molecular weight is 209 g/mol. The molecule has 1 aromatic heterocycles. The van der Waals surface area contributed by atoms with Crippen molar-refractivity contribution in [2.45, 2.75) is 58.3 Å². The van der Waals surface area contributed by atoms with Gasteiger partial charge in [0.05, 0.1) is 0 Å². The fourth-order valence-corrected chi connectivity index (χ4v) is 2.50. The van der Waals surface area contributed by atoms with Crippen molar-refractivity contribution in [3.05, 3.63) is 23.2 Å². The van der Waals surface area contributed by atoms with Gasteiger partial charge in [0.25, 0.3) is 0 Å². The molecule has 1 radical (unpaired) electrons. The monoisotopic (exact) mass is 209 g/mol. The smallest absolute Gasteiger partial charge is 0.00535 e. The zero-order chi connectivity index (χ0) is 10.1. The van der Waals surface area contributed by atoms with E-state index in [1.165, 1.54) is 56.9 Å². The normalized spacial score (nSPS) is 11.2. The summed E-state index contributed by atoms with van der Waals surface area (Å²) in [6.07, 6.45) is 11.1. The van der Waals surface area contributed by atoms with E-state index in [0.717, 1.165) is 8.19 Å². The van der Waals surface area contributed by atoms with Crippen LogP contribution in [0.1, 0.15) is 57.4 Å². The highest BCUT2D eigenvalue weighted by atomic mass is 31.0. The van der Waals surface area contributed by atoms with Crippen molar-refractivity contribution in [2.24, 2.45) is 0 Å². The number of aryl methyl sites for hydroxylation is 1. The second-order valence-corrected chi connectivity index (χ2v) is 4.87. The van der Waals surface area contributed by atoms with Crippen LogP contribution in [-0.2, 0) is 6.42 Å². The fourth-order valence-electron chi connectivity index (χ4n) is 1.74. The van der Waals surface area contributed by atoms with E-state index in [2.05, 4.69) is 24.6 Å². The molecule has 1 atom stereocenters. The molecule has 0 aliphatic heterocycles. The van der Waals surface area contributed by atoms with E-state index in [-0.39, 0.29) is 0 Å². The second-order valence-electron chi connectivity index (χ2n) is 4.00. The first-order valence-corrected chi connectivity index (χ1v) is 7.05. The molecule has 0 nitrogen and oxygen atoms in total. The lowest BCUT2D eigenvalue weighted by atomic mass is 10.1. The molecule has 0 bridgehead atoms. The molecule has 1 heterocycles. The van der Waals surface area contributed by atoms with Crippen LogP contribution in [0.15, 0.2) is 11.9 Å². The van der Waals surface area contributed by atoms with Crippen LogP contribution in [0.4, 0.5) is 0 Å². The van der Waals surface area contributed by atoms with Crippen LogP contribution in [-0.4, -0.2) is 0 Å². The summed E-state index contributed by atoms with van der Waals surface area (Å²) in [5.74, 6) is 5.63. The van der Waals surface area contributed by atoms with Gasteiger partial charge in [-0.15, -0.1) is 8.19 Å². The molecule has 1 aromatic rings. The molecule has 0 fully saturated rings. The summed E-state index contributed by atoms with van der Waals surface area (Å²) < 4.78 is 0. The Morgan fingerprint density at radius 1 is 1.07 bits per heavy atom. The number of hydrogen-bond acceptors (Lipinski definition) is 0. The molecule has 1 rings (SSSR count). The highest BCUT2D eigenvalue weighted by Crippen LogP contribution is 2.14. The Balaban J connectivity index is 1.85. The lowest BCUT2D eigenvalue weighted by molar-refractivity contribution is 0.589. The number of unbranched alkanes of at least 4 members (excludes halogenated alkanes) is 6. The predicted octanol–water partition coefficient (Wildman–Crippen LogP) is 4.81. The van der Waals surface area contributed by atoms with E-state index >= 15 is 0 Å². The van der Waals surface area contributed by atoms with Crippen molar-refractivity contribution in [1.82, 2.24) is 0 Å². The highest BCUT2D eigenvalue weighted by Gasteiger charge is 1.93. The summed E-state index contributed by atoms with van der Waals surface area (Å²) in [6.45, 7) is 2.27. The van der Waals surface area contributed by atoms with E-state index in [1.807, 2.05) is 0 Å². The Bertz CT molecular complexity index is 201. The van der Waals surface area contributed by atoms with Crippen molar-refractivity contribution >= 4 is 8.19 Å². The van der Waals surface area contributed by atoms with Crippen molar-refractivity contribution in [2.75, 3.05) is 0 Å². The van der Waals surface area contributed by atoms with Crippen LogP contribution in [0.25, 0.3) is 0 Å². The van der Waals surface area contributed by atoms with Gasteiger partial charge in [-0.2, -0.15) is 0 Å². The van der Waals surface area contributed by atoms with E-state index < -0.39 is 0 Å². The Morgan fingerprint density at radius 3 is 2.43 bits per heavy atom. The minimum Gasteiger partial charge on any atom is -0.131 e. The molecule has 0 aliphatic rings. The SMILES string of the molecule is CCCCCCCCCc1[c][pH]cc1. The number of hydrogen-bond donors (Lipinski definition) is 0. The molecule has 0 aromatic carbocycles. The van der Waals surface area contributed by atoms with Gasteiger partial charge in [0.1, 0.15) is 0 Å². The summed E-state index contributed by atoms with van der Waals surface area (Å²) >= 11 is 0. The van der Waals surface area contributed by atoms with Crippen LogP contribution >= 0.6 is 8.19 Å². The third-order valence-corrected chi connectivity index (χ3v) is 3.45. The topological polar surface area (TPSA) is 0 Å². The largest absolute Gasteiger partial charge is 0.131 e. The molecular formula is C13H22P. The van der Waals surface area contributed by atoms with Crippen LogP contribution in [0.3, 0.4) is 0 Å². The molecule has 0 aliphatic carbocycles. The molecule has 0 amide bonds. The fraction of sp³-hybridized carbons (Fsp3) is 0.692. The van der Waals surface area contributed by atoms with Crippen LogP contribution in [0.2, 0.25) is 0 Å². The minimum absolute atomic E-state index is 0.833. The van der Waals surface area contributed by atoms with E-state index in [4.69, 9.17) is 0 Å². The standard InChI is InChI=1S/C13H22P/c1-2-3-4-5-6-7-8-9-13-10-11-14-12-13/h10-11,14H,2-9H2,1H3. The predicted molar refractivity (Wildman–Crippen MR) is 66.5 cm³/mol. The summed E-state index contributed by atoms with van der Waals surface area (Å²) in [5, 5.41) is 0. The molecule has 79 valence electrons. The van der Waals surface area contributed by atoms with Gasteiger partial charge >= 0.3 is 0 Å². The van der Waals surface area contributed by atoms with E-state index in [9.17, 15) is 0 Å². The first-order valence-electron chi connectivity index (χ1n) is 5.97. The lowest BCUT2D eigenvalue weighted by Gasteiger charge is -1.99. The summed E-state index contributed by atoms with van der Waals surface area (Å²) in [6, 6.07) is 2.25. The van der Waals surface area contributed by atoms with Crippen molar-refractivity contribution in [1.29, 1.82) is 0 Å². The zero-order valence-electron chi connectivity index (χ0n) is 9.31. The summed E-state index contributed by atoms with van der Waals surface area (Å²) in [5.41, 5.74) is 1.46. The summed E-state index contributed by atoms with van der Waals surface area (Å²) in [4.78, 5) is 0. The van der Waals surface area contributed by atoms with Gasteiger partial charge in [-0.25, -0.2) is 0 Å². The first-order chi connectivity index (χ1) is 6.93. The highest BCUT2D eigenvalue weighted by molar-refractivity contribution is 7.28. The molecule has 14 heavy (non-hydrogen) atoms. The zero-order valence-corrected chi connectivity index (χ0v) is 10.3.